The van der Waals surface area contributed by atoms with E-state index in [9.17, 15) is 31.0 Å². The van der Waals surface area contributed by atoms with Crippen molar-refractivity contribution in [3.05, 3.63) is 134 Å². The van der Waals surface area contributed by atoms with Crippen molar-refractivity contribution < 1.29 is 59.1 Å². The van der Waals surface area contributed by atoms with Gasteiger partial charge in [-0.25, -0.2) is 8.42 Å². The van der Waals surface area contributed by atoms with Crippen molar-refractivity contribution in [1.29, 1.82) is 0 Å². The molecule has 73 heavy (non-hydrogen) atoms. The van der Waals surface area contributed by atoms with Crippen LogP contribution in [0.15, 0.2) is 126 Å². The summed E-state index contributed by atoms with van der Waals surface area (Å²) in [4.78, 5) is 24.9. The Balaban J connectivity index is 0.000000225. The van der Waals surface area contributed by atoms with E-state index in [0.29, 0.717) is 11.8 Å². The average Bonchev–Trinajstić information content (AvgIpc) is 4.20. The molecule has 393 valence electrons. The van der Waals surface area contributed by atoms with E-state index >= 15 is 0 Å². The molecule has 12 atom stereocenters. The van der Waals surface area contributed by atoms with E-state index in [-0.39, 0.29) is 63.4 Å². The number of rotatable bonds is 6. The van der Waals surface area contributed by atoms with E-state index in [1.807, 2.05) is 43.3 Å². The third-order valence-electron chi connectivity index (χ3n) is 15.8. The van der Waals surface area contributed by atoms with E-state index in [1.165, 1.54) is 82.9 Å². The Morgan fingerprint density at radius 2 is 1.10 bits per heavy atom. The fraction of sp³-hybridized carbons (Fsp3) is 0.526. The van der Waals surface area contributed by atoms with Gasteiger partial charge in [-0.1, -0.05) is 150 Å². The summed E-state index contributed by atoms with van der Waals surface area (Å²) in [5.41, 5.74) is 1.01. The van der Waals surface area contributed by atoms with E-state index in [0.717, 1.165) is 77.2 Å². The topological polar surface area (TPSA) is 125 Å². The molecule has 0 unspecified atom stereocenters. The van der Waals surface area contributed by atoms with Gasteiger partial charge in [-0.2, -0.15) is 11.3 Å². The maximum atomic E-state index is 11.5. The molecule has 2 aromatic rings. The third kappa shape index (κ3) is 18.0. The zero-order chi connectivity index (χ0) is 51.5. The van der Waals surface area contributed by atoms with Gasteiger partial charge in [-0.05, 0) is 147 Å². The zero-order valence-corrected chi connectivity index (χ0v) is 45.4. The first-order valence-corrected chi connectivity index (χ1v) is 30.0. The number of allylic oxidation sites excluding steroid dienone is 12. The maximum Gasteiger partial charge on any atom is 1.00 e. The number of benzene rings is 2. The van der Waals surface area contributed by atoms with Crippen molar-refractivity contribution in [2.45, 2.75) is 123 Å². The molecule has 9 aliphatic carbocycles. The number of fused-ring (bicyclic) bond motifs is 10. The number of hydrazine groups is 1. The van der Waals surface area contributed by atoms with Crippen molar-refractivity contribution in [3.63, 3.8) is 0 Å². The molecule has 1 heterocycles. The largest absolute Gasteiger partial charge is 1.00 e. The minimum Gasteiger partial charge on any atom is -0.524 e. The summed E-state index contributed by atoms with van der Waals surface area (Å²) in [6.07, 6.45) is 38.3. The Morgan fingerprint density at radius 3 is 1.48 bits per heavy atom. The van der Waals surface area contributed by atoms with E-state index in [4.69, 9.17) is 15.2 Å². The molecule has 0 aromatic heterocycles. The van der Waals surface area contributed by atoms with E-state index in [1.54, 1.807) is 29.1 Å². The summed E-state index contributed by atoms with van der Waals surface area (Å²) in [6, 6.07) is 18.4. The van der Waals surface area contributed by atoms with Crippen LogP contribution in [-0.2, 0) is 19.6 Å². The van der Waals surface area contributed by atoms with Crippen LogP contribution in [0.25, 0.3) is 0 Å². The molecule has 1 radical (unpaired) electrons. The first-order valence-electron chi connectivity index (χ1n) is 26.0. The Labute approximate surface area is 452 Å². The summed E-state index contributed by atoms with van der Waals surface area (Å²) >= 11 is 0. The predicted molar refractivity (Wildman–Crippen MR) is 293 cm³/mol. The van der Waals surface area contributed by atoms with E-state index in [2.05, 4.69) is 83.2 Å². The number of para-hydroxylation sites is 2. The van der Waals surface area contributed by atoms with Gasteiger partial charge >= 0.3 is 34.1 Å². The summed E-state index contributed by atoms with van der Waals surface area (Å²) in [6.45, 7) is 14.6. The van der Waals surface area contributed by atoms with Gasteiger partial charge in [0.25, 0.3) is 10.0 Å². The summed E-state index contributed by atoms with van der Waals surface area (Å²) < 4.78 is 61.1. The molecule has 3 N–H and O–H groups in total. The molecule has 1 aliphatic heterocycles. The van der Waals surface area contributed by atoms with Gasteiger partial charge < -0.3 is 16.2 Å². The molecule has 2 aromatic carbocycles. The van der Waals surface area contributed by atoms with Crippen LogP contribution in [-0.4, -0.2) is 44.0 Å². The number of unbranched alkanes of at least 4 members (excludes halogenated alkanes) is 1. The van der Waals surface area contributed by atoms with Crippen LogP contribution in [0.3, 0.4) is 0 Å². The standard InChI is InChI=1S/C11H10O2.2C11H14.C7H10N2O2S.C6H4BO2.C6H16Si.C4H9.CH4.BF3.Li/c12-8-3-1-6-5-7-2-4-9(13)11(7)10(6)8;2*1-3-8-7-9-4-2-6-11(9)10(8)5-1;1-6-2-4-7(5-3-6)12(10,11)9-8;1-2-4-6-5(3-1)8-7-9-6;1-4-7(5-2)6-3;1-3-4-2;;2-1(3)4;/h1-4,6-7,10-11H,5H2;1-2,5-6,8-11H,3-4,7H2;1-4,8-11H,5-7H2;2-5,9H,8H2,1H3;1-4H;7H,4-6H2,1-3H3;1,3-4H2,2H3;1H4;;/q;;;;;;-1;;;+1/t6-,7+,10+,11-;2*8-,9+,10-,11+;;;;;;;. The van der Waals surface area contributed by atoms with E-state index < -0.39 is 17.6 Å². The maximum absolute atomic E-state index is 11.5. The molecule has 16 heteroatoms. The van der Waals surface area contributed by atoms with Gasteiger partial charge in [0.1, 0.15) is 11.5 Å². The Morgan fingerprint density at radius 1 is 0.685 bits per heavy atom. The number of hydrogen-bond acceptors (Lipinski definition) is 7. The number of halogens is 3. The van der Waals surface area contributed by atoms with Gasteiger partial charge in [-0.15, -0.1) is 0 Å². The smallest absolute Gasteiger partial charge is 0.524 e. The van der Waals surface area contributed by atoms with Crippen LogP contribution in [0, 0.1) is 84.9 Å². The summed E-state index contributed by atoms with van der Waals surface area (Å²) in [5.74, 6) is 15.2. The fourth-order valence-electron chi connectivity index (χ4n) is 11.9. The number of carbonyl (C=O) groups is 2. The average molecular weight is 1040 g/mol. The van der Waals surface area contributed by atoms with Crippen molar-refractivity contribution >= 4 is 45.6 Å². The number of carbonyl (C=O) groups excluding carboxylic acids is 2. The van der Waals surface area contributed by atoms with Crippen LogP contribution in [0.5, 0.6) is 11.5 Å². The van der Waals surface area contributed by atoms with Crippen LogP contribution in [0.2, 0.25) is 18.1 Å². The van der Waals surface area contributed by atoms with Crippen molar-refractivity contribution in [1.82, 2.24) is 4.83 Å². The number of hydrogen-bond donors (Lipinski definition) is 2. The quantitative estimate of drug-likeness (QED) is 0.0971. The fourth-order valence-corrected chi connectivity index (χ4v) is 14.3. The van der Waals surface area contributed by atoms with Crippen LogP contribution in [0.4, 0.5) is 12.9 Å². The summed E-state index contributed by atoms with van der Waals surface area (Å²) in [5, 5.41) is 0. The molecule has 10 aliphatic rings. The number of ketones is 2. The zero-order valence-electron chi connectivity index (χ0n) is 43.5. The molecule has 0 bridgehead atoms. The number of nitrogens with one attached hydrogen (secondary N) is 1. The van der Waals surface area contributed by atoms with Gasteiger partial charge in [0.15, 0.2) is 11.6 Å². The molecule has 0 saturated heterocycles. The monoisotopic (exact) mass is 1040 g/mol. The normalized spacial score (nSPS) is 29.0. The molecule has 3 fully saturated rings. The molecular formula is C57H81B2F3LiN2O6SSi. The molecular weight excluding hydrogens is 954 g/mol. The number of nitrogens with two attached hydrogens (primary N) is 1. The van der Waals surface area contributed by atoms with Gasteiger partial charge in [-0.3, -0.25) is 28.4 Å². The first-order chi connectivity index (χ1) is 34.2. The second-order valence-electron chi connectivity index (χ2n) is 20.0. The van der Waals surface area contributed by atoms with Crippen LogP contribution in [0.1, 0.15) is 98.5 Å². The minimum absolute atomic E-state index is 0. The van der Waals surface area contributed by atoms with Crippen molar-refractivity contribution in [2.24, 2.45) is 76.9 Å². The van der Waals surface area contributed by atoms with Crippen LogP contribution >= 0.6 is 0 Å². The molecule has 0 amide bonds. The molecule has 12 rings (SSSR count). The SMILES string of the molecule is C.C1=C[C@@H]2[C@H](C1)C[C@@H]1CC=C[C@@H]12.C1=C[C@H]2C[C@H]3C=CC[C@H]3[C@H]2C1.CC[SiH](CC)CC.Cc1ccc(S(=O)(=O)NN)cc1.FB(F)F.O=C1C=C[C@H]2C[C@H]3C=CC(=O)[C@H]3[C@@H]12.[B]1Oc2ccccc2O1.[CH2-]CCC.[Li+]. The minimum atomic E-state index is -3.67. The van der Waals surface area contributed by atoms with Crippen molar-refractivity contribution in [2.75, 3.05) is 0 Å². The third-order valence-corrected chi connectivity index (χ3v) is 20.5. The Hall–Kier alpha value is -3.58. The molecule has 3 saturated carbocycles. The van der Waals surface area contributed by atoms with Crippen molar-refractivity contribution in [3.8, 4) is 11.5 Å². The molecule has 8 nitrogen and oxygen atoms in total. The Bertz CT molecular complexity index is 2180. The second kappa shape index (κ2) is 32.1. The first kappa shape index (κ1) is 63.7. The Kier molecular flexibility index (Phi) is 28.0. The second-order valence-corrected chi connectivity index (χ2v) is 25.9. The van der Waals surface area contributed by atoms with Gasteiger partial charge in [0.05, 0.1) is 4.90 Å². The predicted octanol–water partition coefficient (Wildman–Crippen LogP) is 10.2. The van der Waals surface area contributed by atoms with Crippen LogP contribution < -0.4 is 38.8 Å². The van der Waals surface area contributed by atoms with Gasteiger partial charge in [0, 0.05) is 20.6 Å². The number of sulfonamides is 1. The molecule has 0 spiro atoms. The summed E-state index contributed by atoms with van der Waals surface area (Å²) in [7, 11) is -6.00. The number of aryl methyl sites for hydroxylation is 1. The van der Waals surface area contributed by atoms with Gasteiger partial charge in [0.2, 0.25) is 0 Å².